The van der Waals surface area contributed by atoms with Crippen LogP contribution in [0.5, 0.6) is 5.75 Å². The van der Waals surface area contributed by atoms with Gasteiger partial charge >= 0.3 is 0 Å². The molecule has 0 saturated heterocycles. The number of rotatable bonds is 4. The first kappa shape index (κ1) is 12.6. The van der Waals surface area contributed by atoms with E-state index in [4.69, 9.17) is 32.5 Å². The van der Waals surface area contributed by atoms with E-state index < -0.39 is 15.9 Å². The van der Waals surface area contributed by atoms with Crippen LogP contribution in [-0.2, 0) is 10.1 Å². The molecule has 15 heavy (non-hydrogen) atoms. The van der Waals surface area contributed by atoms with Crippen LogP contribution in [0.4, 0.5) is 0 Å². The molecule has 1 aromatic carbocycles. The fraction of sp³-hybridized carbons (Fsp3) is 0.250. The number of halogens is 2. The molecule has 0 saturated carbocycles. The van der Waals surface area contributed by atoms with E-state index in [-0.39, 0.29) is 12.4 Å². The normalized spacial score (nSPS) is 11.4. The highest BCUT2D eigenvalue weighted by atomic mass is 35.5. The summed E-state index contributed by atoms with van der Waals surface area (Å²) < 4.78 is 34.3. The van der Waals surface area contributed by atoms with Gasteiger partial charge in [-0.2, -0.15) is 8.42 Å². The summed E-state index contributed by atoms with van der Waals surface area (Å²) in [7, 11) is -4.02. The lowest BCUT2D eigenvalue weighted by Crippen LogP contribution is -2.12. The van der Waals surface area contributed by atoms with Gasteiger partial charge in [0.1, 0.15) is 18.1 Å². The lowest BCUT2D eigenvalue weighted by atomic mass is 10.3. The Kier molecular flexibility index (Phi) is 4.21. The van der Waals surface area contributed by atoms with Crippen molar-refractivity contribution in [3.05, 3.63) is 28.2 Å². The zero-order valence-corrected chi connectivity index (χ0v) is 9.81. The molecule has 84 valence electrons. The molecule has 7 heteroatoms. The van der Waals surface area contributed by atoms with Crippen LogP contribution in [0.15, 0.2) is 18.2 Å². The fourth-order valence-corrected chi connectivity index (χ4v) is 1.47. The van der Waals surface area contributed by atoms with Crippen molar-refractivity contribution < 1.29 is 17.7 Å². The van der Waals surface area contributed by atoms with Gasteiger partial charge in [0, 0.05) is 11.1 Å². The quantitative estimate of drug-likeness (QED) is 0.853. The third kappa shape index (κ3) is 4.70. The molecule has 0 aliphatic carbocycles. The van der Waals surface area contributed by atoms with Crippen molar-refractivity contribution in [2.45, 2.75) is 0 Å². The summed E-state index contributed by atoms with van der Waals surface area (Å²) in [4.78, 5) is 0. The largest absolute Gasteiger partial charge is 0.491 e. The van der Waals surface area contributed by atoms with Gasteiger partial charge in [0.2, 0.25) is 0 Å². The first-order chi connectivity index (χ1) is 6.88. The molecule has 1 N–H and O–H groups in total. The van der Waals surface area contributed by atoms with Gasteiger partial charge in [0.25, 0.3) is 10.1 Å². The Balaban J connectivity index is 2.61. The Morgan fingerprint density at radius 3 is 2.60 bits per heavy atom. The van der Waals surface area contributed by atoms with E-state index in [1.807, 2.05) is 0 Å². The second-order valence-electron chi connectivity index (χ2n) is 2.71. The van der Waals surface area contributed by atoms with Crippen LogP contribution >= 0.6 is 23.2 Å². The molecule has 1 aromatic rings. The first-order valence-electron chi connectivity index (χ1n) is 3.91. The maximum Gasteiger partial charge on any atom is 0.268 e. The summed E-state index contributed by atoms with van der Waals surface area (Å²) in [6, 6.07) is 4.58. The average Bonchev–Trinajstić information content (AvgIpc) is 2.09. The predicted octanol–water partition coefficient (Wildman–Crippen LogP) is 2.26. The van der Waals surface area contributed by atoms with Crippen molar-refractivity contribution in [2.24, 2.45) is 0 Å². The van der Waals surface area contributed by atoms with Crippen molar-refractivity contribution in [2.75, 3.05) is 12.4 Å². The van der Waals surface area contributed by atoms with E-state index in [2.05, 4.69) is 0 Å². The highest BCUT2D eigenvalue weighted by molar-refractivity contribution is 7.85. The molecule has 0 aliphatic heterocycles. The smallest absolute Gasteiger partial charge is 0.268 e. The Labute approximate surface area is 97.5 Å². The number of benzene rings is 1. The third-order valence-electron chi connectivity index (χ3n) is 1.49. The van der Waals surface area contributed by atoms with Crippen LogP contribution < -0.4 is 4.74 Å². The first-order valence-corrected chi connectivity index (χ1v) is 6.28. The van der Waals surface area contributed by atoms with E-state index in [1.54, 1.807) is 6.07 Å². The standard InChI is InChI=1S/C8H8Cl2O4S/c9-6-1-2-7(10)8(5-6)14-3-4-15(11,12)13/h1-2,5H,3-4H2,(H,11,12,13). The summed E-state index contributed by atoms with van der Waals surface area (Å²) in [5, 5.41) is 0.760. The summed E-state index contributed by atoms with van der Waals surface area (Å²) in [5.41, 5.74) is 0. The molecule has 4 nitrogen and oxygen atoms in total. The SMILES string of the molecule is O=S(=O)(O)CCOc1cc(Cl)ccc1Cl. The summed E-state index contributed by atoms with van der Waals surface area (Å²) in [5.74, 6) is -0.205. The van der Waals surface area contributed by atoms with Crippen LogP contribution in [0.3, 0.4) is 0 Å². The number of hydrogen-bond donors (Lipinski definition) is 1. The minimum atomic E-state index is -4.02. The molecule has 0 atom stereocenters. The number of hydrogen-bond acceptors (Lipinski definition) is 3. The van der Waals surface area contributed by atoms with Gasteiger partial charge in [0.05, 0.1) is 5.02 Å². The fourth-order valence-electron chi connectivity index (χ4n) is 0.845. The van der Waals surface area contributed by atoms with Crippen LogP contribution in [-0.4, -0.2) is 25.3 Å². The summed E-state index contributed by atoms with van der Waals surface area (Å²) in [6.45, 7) is -0.182. The van der Waals surface area contributed by atoms with Gasteiger partial charge in [-0.3, -0.25) is 4.55 Å². The maximum absolute atomic E-state index is 10.4. The molecule has 0 aromatic heterocycles. The second kappa shape index (κ2) is 5.03. The molecule has 0 amide bonds. The van der Waals surface area contributed by atoms with Gasteiger partial charge in [-0.25, -0.2) is 0 Å². The van der Waals surface area contributed by atoms with E-state index >= 15 is 0 Å². The Hall–Kier alpha value is -0.490. The topological polar surface area (TPSA) is 63.6 Å². The lowest BCUT2D eigenvalue weighted by Gasteiger charge is -2.06. The monoisotopic (exact) mass is 270 g/mol. The Morgan fingerprint density at radius 1 is 1.33 bits per heavy atom. The highest BCUT2D eigenvalue weighted by Gasteiger charge is 2.07. The van der Waals surface area contributed by atoms with Crippen LogP contribution in [0.25, 0.3) is 0 Å². The van der Waals surface area contributed by atoms with Crippen molar-refractivity contribution >= 4 is 33.3 Å². The van der Waals surface area contributed by atoms with Crippen LogP contribution in [0.1, 0.15) is 0 Å². The molecule has 1 rings (SSSR count). The van der Waals surface area contributed by atoms with Gasteiger partial charge in [-0.05, 0) is 12.1 Å². The number of ether oxygens (including phenoxy) is 1. The third-order valence-corrected chi connectivity index (χ3v) is 2.72. The Morgan fingerprint density at radius 2 is 2.00 bits per heavy atom. The maximum atomic E-state index is 10.4. The van der Waals surface area contributed by atoms with E-state index in [0.717, 1.165) is 0 Å². The zero-order valence-electron chi connectivity index (χ0n) is 7.48. The van der Waals surface area contributed by atoms with E-state index in [0.29, 0.717) is 10.0 Å². The average molecular weight is 271 g/mol. The molecular formula is C8H8Cl2O4S. The Bertz CT molecular complexity index is 444. The molecule has 0 fully saturated rings. The van der Waals surface area contributed by atoms with E-state index in [9.17, 15) is 8.42 Å². The van der Waals surface area contributed by atoms with Crippen molar-refractivity contribution in [3.63, 3.8) is 0 Å². The summed E-state index contributed by atoms with van der Waals surface area (Å²) >= 11 is 11.4. The molecule has 0 spiro atoms. The highest BCUT2D eigenvalue weighted by Crippen LogP contribution is 2.27. The van der Waals surface area contributed by atoms with Gasteiger partial charge in [0.15, 0.2) is 0 Å². The van der Waals surface area contributed by atoms with Crippen molar-refractivity contribution in [1.82, 2.24) is 0 Å². The van der Waals surface area contributed by atoms with Crippen LogP contribution in [0.2, 0.25) is 10.0 Å². The predicted molar refractivity (Wildman–Crippen MR) is 58.4 cm³/mol. The zero-order chi connectivity index (χ0) is 11.5. The minimum Gasteiger partial charge on any atom is -0.491 e. The van der Waals surface area contributed by atoms with Gasteiger partial charge in [-0.1, -0.05) is 23.2 Å². The summed E-state index contributed by atoms with van der Waals surface area (Å²) in [6.07, 6.45) is 0. The van der Waals surface area contributed by atoms with Gasteiger partial charge < -0.3 is 4.74 Å². The molecule has 0 radical (unpaired) electrons. The second-order valence-corrected chi connectivity index (χ2v) is 5.12. The molecular weight excluding hydrogens is 263 g/mol. The van der Waals surface area contributed by atoms with Crippen molar-refractivity contribution in [1.29, 1.82) is 0 Å². The van der Waals surface area contributed by atoms with E-state index in [1.165, 1.54) is 12.1 Å². The molecule has 0 aliphatic rings. The minimum absolute atomic E-state index is 0.182. The van der Waals surface area contributed by atoms with Gasteiger partial charge in [-0.15, -0.1) is 0 Å². The molecule has 0 heterocycles. The molecule has 0 unspecified atom stereocenters. The molecule has 0 bridgehead atoms. The van der Waals surface area contributed by atoms with Crippen molar-refractivity contribution in [3.8, 4) is 5.75 Å². The van der Waals surface area contributed by atoms with Crippen LogP contribution in [0, 0.1) is 0 Å². The lowest BCUT2D eigenvalue weighted by molar-refractivity contribution is 0.336.